The van der Waals surface area contributed by atoms with Crippen LogP contribution >= 0.6 is 0 Å². The van der Waals surface area contributed by atoms with Gasteiger partial charge in [-0.25, -0.2) is 0 Å². The third-order valence-electron chi connectivity index (χ3n) is 3.63. The lowest BCUT2D eigenvalue weighted by molar-refractivity contribution is 1.11. The first-order valence-electron chi connectivity index (χ1n) is 6.73. The molecule has 0 atom stereocenters. The van der Waals surface area contributed by atoms with Crippen LogP contribution in [0.2, 0.25) is 0 Å². The zero-order valence-corrected chi connectivity index (χ0v) is 11.7. The van der Waals surface area contributed by atoms with Gasteiger partial charge in [-0.3, -0.25) is 0 Å². The first kappa shape index (κ1) is 12.6. The smallest absolute Gasteiger partial charge is 0.0980 e. The Kier molecular flexibility index (Phi) is 3.33. The van der Waals surface area contributed by atoms with Crippen molar-refractivity contribution in [3.05, 3.63) is 65.2 Å². The molecule has 0 saturated heterocycles. The molecule has 0 bridgehead atoms. The molecule has 0 spiro atoms. The Bertz CT molecular complexity index is 699. The van der Waals surface area contributed by atoms with Gasteiger partial charge >= 0.3 is 0 Å². The van der Waals surface area contributed by atoms with E-state index in [1.54, 1.807) is 7.05 Å². The van der Waals surface area contributed by atoms with Crippen LogP contribution in [0.25, 0.3) is 11.3 Å². The molecule has 1 heterocycles. The van der Waals surface area contributed by atoms with E-state index in [9.17, 15) is 0 Å². The Morgan fingerprint density at radius 2 is 1.65 bits per heavy atom. The van der Waals surface area contributed by atoms with Gasteiger partial charge in [0.1, 0.15) is 0 Å². The summed E-state index contributed by atoms with van der Waals surface area (Å²) in [5.41, 5.74) is 6.82. The molecule has 3 rings (SSSR count). The topological polar surface area (TPSA) is 36.8 Å². The molecule has 20 heavy (non-hydrogen) atoms. The number of nitrogens with zero attached hydrogens (tertiary/aromatic N) is 2. The monoisotopic (exact) mass is 263 g/mol. The number of allylic oxidation sites excluding steroid dienone is 1. The predicted octanol–water partition coefficient (Wildman–Crippen LogP) is 4.58. The fourth-order valence-electron chi connectivity index (χ4n) is 2.63. The fourth-order valence-corrected chi connectivity index (χ4v) is 2.63. The molecule has 0 aromatic heterocycles. The first-order chi connectivity index (χ1) is 9.81. The number of hydrogen-bond acceptors (Lipinski definition) is 3. The van der Waals surface area contributed by atoms with Gasteiger partial charge in [0, 0.05) is 24.8 Å². The summed E-state index contributed by atoms with van der Waals surface area (Å²) in [6.45, 7) is 2.94. The van der Waals surface area contributed by atoms with Crippen molar-refractivity contribution < 1.29 is 0 Å². The molecule has 2 aromatic rings. The molecule has 1 aliphatic rings. The van der Waals surface area contributed by atoms with Gasteiger partial charge in [-0.1, -0.05) is 42.5 Å². The number of fused-ring (bicyclic) bond motifs is 2. The first-order valence-corrected chi connectivity index (χ1v) is 6.73. The van der Waals surface area contributed by atoms with Crippen LogP contribution in [0.4, 0.5) is 5.69 Å². The lowest BCUT2D eigenvalue weighted by Gasteiger charge is -2.20. The van der Waals surface area contributed by atoms with Gasteiger partial charge < -0.3 is 5.32 Å². The Balaban J connectivity index is 2.31. The normalized spacial score (nSPS) is 17.9. The molecule has 2 aromatic carbocycles. The minimum Gasteiger partial charge on any atom is -0.380 e. The maximum absolute atomic E-state index is 4.37. The van der Waals surface area contributed by atoms with E-state index in [1.165, 1.54) is 16.7 Å². The van der Waals surface area contributed by atoms with Crippen molar-refractivity contribution in [3.8, 4) is 0 Å². The van der Waals surface area contributed by atoms with Crippen molar-refractivity contribution >= 4 is 17.0 Å². The fraction of sp³-hybridized carbons (Fsp3) is 0.176. The molecule has 0 saturated carbocycles. The second-order valence-electron chi connectivity index (χ2n) is 4.83. The standard InChI is InChI=1S/C17H17N3/c1-12-14-8-4-3-7-13(14)11-19-16-10-6-5-9-15(16)17(12)20-18-2/h3-10,19H,11H2,1-2H3/b17-12+,20-18-. The maximum atomic E-state index is 4.37. The van der Waals surface area contributed by atoms with E-state index in [-0.39, 0.29) is 0 Å². The van der Waals surface area contributed by atoms with Crippen molar-refractivity contribution in [2.75, 3.05) is 12.4 Å². The predicted molar refractivity (Wildman–Crippen MR) is 83.5 cm³/mol. The van der Waals surface area contributed by atoms with Crippen LogP contribution in [0.3, 0.4) is 0 Å². The van der Waals surface area contributed by atoms with Gasteiger partial charge in [0.15, 0.2) is 0 Å². The van der Waals surface area contributed by atoms with Crippen LogP contribution in [0.5, 0.6) is 0 Å². The van der Waals surface area contributed by atoms with Gasteiger partial charge in [-0.05, 0) is 29.7 Å². The number of para-hydroxylation sites is 1. The summed E-state index contributed by atoms with van der Waals surface area (Å²) in [6, 6.07) is 16.7. The highest BCUT2D eigenvalue weighted by molar-refractivity contribution is 5.94. The van der Waals surface area contributed by atoms with Crippen LogP contribution in [-0.2, 0) is 6.54 Å². The summed E-state index contributed by atoms with van der Waals surface area (Å²) in [5, 5.41) is 11.9. The molecule has 0 aliphatic carbocycles. The maximum Gasteiger partial charge on any atom is 0.0980 e. The second-order valence-corrected chi connectivity index (χ2v) is 4.83. The van der Waals surface area contributed by atoms with E-state index in [0.29, 0.717) is 0 Å². The van der Waals surface area contributed by atoms with Crippen LogP contribution in [0.1, 0.15) is 23.6 Å². The molecule has 0 fully saturated rings. The van der Waals surface area contributed by atoms with Crippen molar-refractivity contribution in [2.45, 2.75) is 13.5 Å². The molecular formula is C17H17N3. The minimum atomic E-state index is 0.821. The Morgan fingerprint density at radius 3 is 2.45 bits per heavy atom. The Labute approximate surface area is 119 Å². The van der Waals surface area contributed by atoms with Gasteiger partial charge in [0.05, 0.1) is 5.70 Å². The summed E-state index contributed by atoms with van der Waals surface area (Å²) in [7, 11) is 1.71. The van der Waals surface area contributed by atoms with Gasteiger partial charge in [-0.15, -0.1) is 0 Å². The number of nitrogens with one attached hydrogen (secondary N) is 1. The molecular weight excluding hydrogens is 246 g/mol. The lowest BCUT2D eigenvalue weighted by Crippen LogP contribution is -2.07. The van der Waals surface area contributed by atoms with Crippen LogP contribution in [0, 0.1) is 0 Å². The summed E-state index contributed by atoms with van der Waals surface area (Å²) in [4.78, 5) is 0. The minimum absolute atomic E-state index is 0.821. The molecule has 3 nitrogen and oxygen atoms in total. The van der Waals surface area contributed by atoms with Crippen LogP contribution in [0.15, 0.2) is 58.8 Å². The highest BCUT2D eigenvalue weighted by atomic mass is 15.1. The summed E-state index contributed by atoms with van der Waals surface area (Å²) < 4.78 is 0. The van der Waals surface area contributed by atoms with E-state index in [1.807, 2.05) is 12.1 Å². The highest BCUT2D eigenvalue weighted by Crippen LogP contribution is 2.35. The lowest BCUT2D eigenvalue weighted by atomic mass is 9.94. The zero-order valence-electron chi connectivity index (χ0n) is 11.7. The number of anilines is 1. The average Bonchev–Trinajstić information content (AvgIpc) is 2.49. The van der Waals surface area contributed by atoms with Crippen molar-refractivity contribution in [1.29, 1.82) is 0 Å². The van der Waals surface area contributed by atoms with Gasteiger partial charge in [0.2, 0.25) is 0 Å². The Hall–Kier alpha value is -2.42. The number of benzene rings is 2. The molecule has 1 N–H and O–H groups in total. The second kappa shape index (κ2) is 5.29. The van der Waals surface area contributed by atoms with Gasteiger partial charge in [0.25, 0.3) is 0 Å². The third kappa shape index (κ3) is 2.11. The van der Waals surface area contributed by atoms with Crippen LogP contribution in [-0.4, -0.2) is 7.05 Å². The van der Waals surface area contributed by atoms with E-state index in [2.05, 4.69) is 58.9 Å². The van der Waals surface area contributed by atoms with E-state index in [0.717, 1.165) is 23.5 Å². The quantitative estimate of drug-likeness (QED) is 0.751. The molecule has 1 aliphatic heterocycles. The molecule has 3 heteroatoms. The molecule has 100 valence electrons. The van der Waals surface area contributed by atoms with Crippen LogP contribution < -0.4 is 5.32 Å². The number of azo groups is 1. The zero-order chi connectivity index (χ0) is 13.9. The van der Waals surface area contributed by atoms with Crippen molar-refractivity contribution in [2.24, 2.45) is 10.2 Å². The van der Waals surface area contributed by atoms with E-state index in [4.69, 9.17) is 0 Å². The molecule has 0 amide bonds. The summed E-state index contributed by atoms with van der Waals surface area (Å²) in [5.74, 6) is 0. The van der Waals surface area contributed by atoms with E-state index < -0.39 is 0 Å². The molecule has 0 radical (unpaired) electrons. The summed E-state index contributed by atoms with van der Waals surface area (Å²) >= 11 is 0. The largest absolute Gasteiger partial charge is 0.380 e. The highest BCUT2D eigenvalue weighted by Gasteiger charge is 2.16. The number of rotatable bonds is 1. The number of hydrogen-bond donors (Lipinski definition) is 1. The van der Waals surface area contributed by atoms with Crippen molar-refractivity contribution in [1.82, 2.24) is 0 Å². The third-order valence-corrected chi connectivity index (χ3v) is 3.63. The Morgan fingerprint density at radius 1 is 0.950 bits per heavy atom. The SMILES string of the molecule is C/N=N\C1=C(/C)c2ccccc2CNc2ccccc21. The summed E-state index contributed by atoms with van der Waals surface area (Å²) in [6.07, 6.45) is 0. The van der Waals surface area contributed by atoms with Crippen molar-refractivity contribution in [3.63, 3.8) is 0 Å². The molecule has 0 unspecified atom stereocenters. The van der Waals surface area contributed by atoms with E-state index >= 15 is 0 Å². The van der Waals surface area contributed by atoms with Gasteiger partial charge in [-0.2, -0.15) is 10.2 Å². The average molecular weight is 263 g/mol.